The van der Waals surface area contributed by atoms with Crippen LogP contribution in [0.15, 0.2) is 30.5 Å². The van der Waals surface area contributed by atoms with Gasteiger partial charge < -0.3 is 4.74 Å². The largest absolute Gasteiger partial charge is 0.465 e. The van der Waals surface area contributed by atoms with Crippen molar-refractivity contribution in [3.05, 3.63) is 52.6 Å². The first kappa shape index (κ1) is 13.5. The summed E-state index contributed by atoms with van der Waals surface area (Å²) in [5.74, 6) is -1.08. The van der Waals surface area contributed by atoms with Gasteiger partial charge in [0, 0.05) is 23.0 Å². The summed E-state index contributed by atoms with van der Waals surface area (Å²) in [6.07, 6.45) is 1.36. The number of hydrogen-bond acceptors (Lipinski definition) is 3. The van der Waals surface area contributed by atoms with E-state index >= 15 is 0 Å². The third kappa shape index (κ3) is 2.58. The van der Waals surface area contributed by atoms with Crippen LogP contribution < -0.4 is 0 Å². The highest BCUT2D eigenvalue weighted by molar-refractivity contribution is 6.33. The molecule has 5 heteroatoms. The van der Waals surface area contributed by atoms with E-state index in [4.69, 9.17) is 11.6 Å². The number of nitrogens with zero attached hydrogens (tertiary/aromatic N) is 1. The van der Waals surface area contributed by atoms with Gasteiger partial charge in [-0.25, -0.2) is 9.18 Å². The molecule has 0 aliphatic heterocycles. The molecule has 0 fully saturated rings. The van der Waals surface area contributed by atoms with Crippen LogP contribution in [-0.4, -0.2) is 18.1 Å². The average molecular weight is 280 g/mol. The molecule has 2 rings (SSSR count). The zero-order chi connectivity index (χ0) is 14.0. The van der Waals surface area contributed by atoms with Crippen LogP contribution in [0.3, 0.4) is 0 Å². The van der Waals surface area contributed by atoms with E-state index in [0.29, 0.717) is 11.3 Å². The van der Waals surface area contributed by atoms with Crippen molar-refractivity contribution in [1.29, 1.82) is 0 Å². The number of hydrogen-bond donors (Lipinski definition) is 0. The van der Waals surface area contributed by atoms with Gasteiger partial charge in [-0.05, 0) is 25.1 Å². The van der Waals surface area contributed by atoms with Gasteiger partial charge in [-0.1, -0.05) is 17.7 Å². The Kier molecular flexibility index (Phi) is 3.81. The van der Waals surface area contributed by atoms with Crippen molar-refractivity contribution >= 4 is 17.6 Å². The Hall–Kier alpha value is -1.94. The lowest BCUT2D eigenvalue weighted by Gasteiger charge is -2.11. The van der Waals surface area contributed by atoms with Crippen LogP contribution in [0.5, 0.6) is 0 Å². The Morgan fingerprint density at radius 1 is 1.42 bits per heavy atom. The lowest BCUT2D eigenvalue weighted by atomic mass is 10.00. The van der Waals surface area contributed by atoms with Crippen molar-refractivity contribution in [2.45, 2.75) is 6.92 Å². The van der Waals surface area contributed by atoms with E-state index in [1.165, 1.54) is 25.4 Å². The number of aryl methyl sites for hydroxylation is 1. The number of ether oxygens (including phenoxy) is 1. The maximum absolute atomic E-state index is 14.0. The highest BCUT2D eigenvalue weighted by atomic mass is 35.5. The van der Waals surface area contributed by atoms with Gasteiger partial charge in [0.1, 0.15) is 5.82 Å². The van der Waals surface area contributed by atoms with Crippen LogP contribution in [0, 0.1) is 12.7 Å². The second-order valence-corrected chi connectivity index (χ2v) is 4.37. The second-order valence-electron chi connectivity index (χ2n) is 3.96. The normalized spacial score (nSPS) is 10.3. The first-order valence-corrected chi connectivity index (χ1v) is 5.91. The van der Waals surface area contributed by atoms with Crippen molar-refractivity contribution < 1.29 is 13.9 Å². The number of rotatable bonds is 2. The molecule has 0 N–H and O–H groups in total. The first-order chi connectivity index (χ1) is 9.04. The van der Waals surface area contributed by atoms with Crippen LogP contribution >= 0.6 is 11.6 Å². The fraction of sp³-hybridized carbons (Fsp3) is 0.143. The Labute approximate surface area is 115 Å². The molecule has 1 aromatic heterocycles. The molecule has 0 bridgehead atoms. The molecule has 0 aliphatic carbocycles. The predicted molar refractivity (Wildman–Crippen MR) is 70.7 cm³/mol. The average Bonchev–Trinajstić information content (AvgIpc) is 2.38. The number of pyridine rings is 1. The molecular formula is C14H11ClFNO2. The van der Waals surface area contributed by atoms with E-state index in [-0.39, 0.29) is 16.1 Å². The quantitative estimate of drug-likeness (QED) is 0.788. The summed E-state index contributed by atoms with van der Waals surface area (Å²) in [5.41, 5.74) is 1.39. The first-order valence-electron chi connectivity index (χ1n) is 5.54. The minimum Gasteiger partial charge on any atom is -0.465 e. The van der Waals surface area contributed by atoms with E-state index in [1.54, 1.807) is 19.1 Å². The molecule has 2 aromatic rings. The third-order valence-electron chi connectivity index (χ3n) is 2.68. The van der Waals surface area contributed by atoms with Gasteiger partial charge in [-0.15, -0.1) is 0 Å². The van der Waals surface area contributed by atoms with Crippen LogP contribution in [0.4, 0.5) is 4.39 Å². The van der Waals surface area contributed by atoms with Gasteiger partial charge in [-0.3, -0.25) is 4.98 Å². The third-order valence-corrected chi connectivity index (χ3v) is 2.99. The van der Waals surface area contributed by atoms with Crippen molar-refractivity contribution in [3.63, 3.8) is 0 Å². The van der Waals surface area contributed by atoms with Crippen molar-refractivity contribution in [2.75, 3.05) is 7.11 Å². The Morgan fingerprint density at radius 2 is 2.16 bits per heavy atom. The molecule has 0 amide bonds. The molecule has 0 aliphatic rings. The van der Waals surface area contributed by atoms with Gasteiger partial charge >= 0.3 is 5.97 Å². The van der Waals surface area contributed by atoms with E-state index in [0.717, 1.165) is 0 Å². The molecule has 1 heterocycles. The van der Waals surface area contributed by atoms with Crippen molar-refractivity contribution in [1.82, 2.24) is 4.98 Å². The predicted octanol–water partition coefficient (Wildman–Crippen LogP) is 3.64. The minimum absolute atomic E-state index is 0.176. The second kappa shape index (κ2) is 5.36. The summed E-state index contributed by atoms with van der Waals surface area (Å²) in [6, 6.07) is 5.97. The van der Waals surface area contributed by atoms with Gasteiger partial charge in [0.2, 0.25) is 0 Å². The zero-order valence-electron chi connectivity index (χ0n) is 10.4. The SMILES string of the molecule is COC(=O)c1cnc(C)cc1-c1c(F)cccc1Cl. The highest BCUT2D eigenvalue weighted by Gasteiger charge is 2.19. The fourth-order valence-electron chi connectivity index (χ4n) is 1.79. The zero-order valence-corrected chi connectivity index (χ0v) is 11.2. The van der Waals surface area contributed by atoms with E-state index < -0.39 is 11.8 Å². The standard InChI is InChI=1S/C14H11ClFNO2/c1-8-6-9(10(7-17-8)14(18)19-2)13-11(15)4-3-5-12(13)16/h3-7H,1-2H3. The van der Waals surface area contributed by atoms with Crippen LogP contribution in [-0.2, 0) is 4.74 Å². The molecule has 19 heavy (non-hydrogen) atoms. The van der Waals surface area contributed by atoms with Gasteiger partial charge in [0.05, 0.1) is 17.7 Å². The topological polar surface area (TPSA) is 39.2 Å². The molecule has 0 spiro atoms. The molecule has 0 atom stereocenters. The van der Waals surface area contributed by atoms with Crippen LogP contribution in [0.1, 0.15) is 16.1 Å². The Balaban J connectivity index is 2.74. The molecule has 0 unspecified atom stereocenters. The lowest BCUT2D eigenvalue weighted by Crippen LogP contribution is -2.06. The smallest absolute Gasteiger partial charge is 0.340 e. The van der Waals surface area contributed by atoms with E-state index in [2.05, 4.69) is 9.72 Å². The summed E-state index contributed by atoms with van der Waals surface area (Å²) in [6.45, 7) is 1.75. The number of aromatic nitrogens is 1. The van der Waals surface area contributed by atoms with Gasteiger partial charge in [-0.2, -0.15) is 0 Å². The number of halogens is 2. The molecule has 0 saturated heterocycles. The lowest BCUT2D eigenvalue weighted by molar-refractivity contribution is 0.0601. The summed E-state index contributed by atoms with van der Waals surface area (Å²) in [4.78, 5) is 15.7. The van der Waals surface area contributed by atoms with Crippen LogP contribution in [0.2, 0.25) is 5.02 Å². The summed E-state index contributed by atoms with van der Waals surface area (Å²) in [5, 5.41) is 0.232. The number of carbonyl (C=O) groups excluding carboxylic acids is 1. The summed E-state index contributed by atoms with van der Waals surface area (Å²) >= 11 is 6.02. The van der Waals surface area contributed by atoms with E-state index in [9.17, 15) is 9.18 Å². The van der Waals surface area contributed by atoms with E-state index in [1.807, 2.05) is 0 Å². The molecule has 0 radical (unpaired) electrons. The maximum Gasteiger partial charge on any atom is 0.340 e. The minimum atomic E-state index is -0.582. The number of carbonyl (C=O) groups is 1. The number of methoxy groups -OCH3 is 1. The molecule has 1 aromatic carbocycles. The van der Waals surface area contributed by atoms with Gasteiger partial charge in [0.25, 0.3) is 0 Å². The maximum atomic E-state index is 14.0. The molecule has 0 saturated carbocycles. The fourth-order valence-corrected chi connectivity index (χ4v) is 2.06. The summed E-state index contributed by atoms with van der Waals surface area (Å²) in [7, 11) is 1.26. The molecule has 98 valence electrons. The highest BCUT2D eigenvalue weighted by Crippen LogP contribution is 2.33. The number of esters is 1. The molecule has 3 nitrogen and oxygen atoms in total. The van der Waals surface area contributed by atoms with Crippen molar-refractivity contribution in [2.24, 2.45) is 0 Å². The van der Waals surface area contributed by atoms with Crippen molar-refractivity contribution in [3.8, 4) is 11.1 Å². The van der Waals surface area contributed by atoms with Gasteiger partial charge in [0.15, 0.2) is 0 Å². The molecular weight excluding hydrogens is 269 g/mol. The monoisotopic (exact) mass is 279 g/mol. The van der Waals surface area contributed by atoms with Crippen LogP contribution in [0.25, 0.3) is 11.1 Å². The number of benzene rings is 1. The Morgan fingerprint density at radius 3 is 2.79 bits per heavy atom. The summed E-state index contributed by atoms with van der Waals surface area (Å²) < 4.78 is 18.6. The Bertz CT molecular complexity index is 623.